The van der Waals surface area contributed by atoms with Gasteiger partial charge in [-0.25, -0.2) is 4.57 Å². The van der Waals surface area contributed by atoms with E-state index < -0.39 is 0 Å². The number of para-hydroxylation sites is 1. The molecule has 2 aromatic rings. The van der Waals surface area contributed by atoms with Crippen LogP contribution in [-0.4, -0.2) is 31.9 Å². The fraction of sp³-hybridized carbons (Fsp3) is 0.333. The van der Waals surface area contributed by atoms with Gasteiger partial charge in [0.2, 0.25) is 12.1 Å². The van der Waals surface area contributed by atoms with E-state index in [1.807, 2.05) is 13.3 Å². The summed E-state index contributed by atoms with van der Waals surface area (Å²) in [7, 11) is 2.10. The predicted molar refractivity (Wildman–Crippen MR) is 102 cm³/mol. The molecule has 0 amide bonds. The van der Waals surface area contributed by atoms with Gasteiger partial charge in [0.05, 0.1) is 23.9 Å². The Morgan fingerprint density at radius 1 is 1.36 bits per heavy atom. The van der Waals surface area contributed by atoms with Crippen LogP contribution < -0.4 is 20.1 Å². The van der Waals surface area contributed by atoms with Crippen molar-refractivity contribution in [3.8, 4) is 0 Å². The quantitative estimate of drug-likeness (QED) is 0.635. The Bertz CT molecular complexity index is 823. The van der Waals surface area contributed by atoms with Crippen molar-refractivity contribution < 1.29 is 9.30 Å². The summed E-state index contributed by atoms with van der Waals surface area (Å²) in [5.74, 6) is 1.07. The van der Waals surface area contributed by atoms with Crippen LogP contribution in [0.5, 0.6) is 0 Å². The van der Waals surface area contributed by atoms with Crippen molar-refractivity contribution in [2.45, 2.75) is 18.4 Å². The summed E-state index contributed by atoms with van der Waals surface area (Å²) in [6.07, 6.45) is 4.04. The lowest BCUT2D eigenvalue weighted by Gasteiger charge is -2.13. The second kappa shape index (κ2) is 6.93. The molecule has 3 heterocycles. The molecular weight excluding hydrogens is 334 g/mol. The molecule has 6 nitrogen and oxygen atoms in total. The summed E-state index contributed by atoms with van der Waals surface area (Å²) >= 11 is 1.78. The number of benzene rings is 1. The minimum Gasteiger partial charge on any atom is -0.378 e. The summed E-state index contributed by atoms with van der Waals surface area (Å²) in [5.41, 5.74) is 3.25. The third-order valence-electron chi connectivity index (χ3n) is 4.35. The standard InChI is InChI=1S/C18H21N5OS/c1-3-24-9-8-23-12-21-13(17-18(23)20-11-19-17)10-16-22(2)14-6-4-5-7-15(14)25-16/h4-7,10,12,19H,3,8-9,11H2,1-2H3/p+1/b16-10-. The number of hydrogen-bond donors (Lipinski definition) is 2. The van der Waals surface area contributed by atoms with Crippen LogP contribution in [0, 0.1) is 0 Å². The number of fused-ring (bicyclic) bond motifs is 2. The first-order valence-corrected chi connectivity index (χ1v) is 9.30. The van der Waals surface area contributed by atoms with Crippen molar-refractivity contribution in [3.63, 3.8) is 0 Å². The molecule has 0 spiro atoms. The van der Waals surface area contributed by atoms with Crippen molar-refractivity contribution >= 4 is 35.0 Å². The maximum absolute atomic E-state index is 5.47. The van der Waals surface area contributed by atoms with E-state index in [0.29, 0.717) is 6.61 Å². The molecule has 130 valence electrons. The summed E-state index contributed by atoms with van der Waals surface area (Å²) in [6.45, 7) is 4.93. The lowest BCUT2D eigenvalue weighted by molar-refractivity contribution is -0.686. The summed E-state index contributed by atoms with van der Waals surface area (Å²) in [4.78, 5) is 8.17. The van der Waals surface area contributed by atoms with Crippen molar-refractivity contribution in [2.24, 2.45) is 0 Å². The van der Waals surface area contributed by atoms with Crippen LogP contribution in [0.4, 0.5) is 17.2 Å². The number of nitrogens with one attached hydrogen (secondary N) is 2. The highest BCUT2D eigenvalue weighted by molar-refractivity contribution is 8.03. The van der Waals surface area contributed by atoms with E-state index in [2.05, 4.69) is 62.5 Å². The second-order valence-electron chi connectivity index (χ2n) is 5.89. The van der Waals surface area contributed by atoms with E-state index in [0.717, 1.165) is 37.0 Å². The molecule has 4 rings (SSSR count). The van der Waals surface area contributed by atoms with E-state index in [9.17, 15) is 0 Å². The summed E-state index contributed by atoms with van der Waals surface area (Å²) in [5, 5.41) is 7.98. The Morgan fingerprint density at radius 2 is 2.24 bits per heavy atom. The van der Waals surface area contributed by atoms with Gasteiger partial charge in [0.15, 0.2) is 11.4 Å². The van der Waals surface area contributed by atoms with Gasteiger partial charge in [-0.2, -0.15) is 0 Å². The fourth-order valence-corrected chi connectivity index (χ4v) is 4.14. The van der Waals surface area contributed by atoms with Gasteiger partial charge in [-0.1, -0.05) is 23.9 Å². The Labute approximate surface area is 151 Å². The van der Waals surface area contributed by atoms with Gasteiger partial charge < -0.3 is 15.0 Å². The molecule has 0 unspecified atom stereocenters. The molecule has 2 aliphatic heterocycles. The van der Waals surface area contributed by atoms with E-state index >= 15 is 0 Å². The van der Waals surface area contributed by atoms with E-state index in [1.165, 1.54) is 15.6 Å². The van der Waals surface area contributed by atoms with Crippen molar-refractivity contribution in [1.29, 1.82) is 0 Å². The molecule has 0 aliphatic carbocycles. The van der Waals surface area contributed by atoms with Gasteiger partial charge in [-0.15, -0.1) is 4.98 Å². The van der Waals surface area contributed by atoms with Crippen LogP contribution in [0.3, 0.4) is 0 Å². The third-order valence-corrected chi connectivity index (χ3v) is 5.52. The number of anilines is 3. The first kappa shape index (κ1) is 16.2. The Balaban J connectivity index is 1.63. The molecule has 7 heteroatoms. The normalized spacial score (nSPS) is 16.6. The van der Waals surface area contributed by atoms with Crippen molar-refractivity contribution in [2.75, 3.05) is 42.5 Å². The zero-order chi connectivity index (χ0) is 17.2. The highest BCUT2D eigenvalue weighted by Crippen LogP contribution is 2.45. The molecule has 2 N–H and O–H groups in total. The van der Waals surface area contributed by atoms with Crippen molar-refractivity contribution in [1.82, 2.24) is 4.98 Å². The Hall–Kier alpha value is -2.25. The number of thioether (sulfide) groups is 1. The zero-order valence-corrected chi connectivity index (χ0v) is 15.3. The van der Waals surface area contributed by atoms with Gasteiger partial charge in [0.25, 0.3) is 0 Å². The lowest BCUT2D eigenvalue weighted by atomic mass is 10.3. The second-order valence-corrected chi connectivity index (χ2v) is 6.95. The first-order valence-electron chi connectivity index (χ1n) is 8.48. The highest BCUT2D eigenvalue weighted by Gasteiger charge is 2.27. The number of hydrogen-bond acceptors (Lipinski definition) is 6. The molecule has 0 atom stereocenters. The van der Waals surface area contributed by atoms with E-state index in [1.54, 1.807) is 11.8 Å². The molecule has 0 saturated carbocycles. The van der Waals surface area contributed by atoms with Crippen molar-refractivity contribution in [3.05, 3.63) is 41.3 Å². The van der Waals surface area contributed by atoms with Crippen LogP contribution in [-0.2, 0) is 11.3 Å². The number of nitrogens with zero attached hydrogens (tertiary/aromatic N) is 3. The number of ether oxygens (including phenoxy) is 1. The van der Waals surface area contributed by atoms with Gasteiger partial charge in [0.1, 0.15) is 6.67 Å². The third kappa shape index (κ3) is 3.05. The SMILES string of the molecule is CCOCC[n+]1cnc(/C=C2\Sc3ccccc3N2C)c2c1NCN2. The van der Waals surface area contributed by atoms with Gasteiger partial charge >= 0.3 is 0 Å². The smallest absolute Gasteiger partial charge is 0.250 e. The van der Waals surface area contributed by atoms with E-state index in [4.69, 9.17) is 4.74 Å². The molecule has 0 radical (unpaired) electrons. The maximum atomic E-state index is 5.47. The molecule has 1 aromatic heterocycles. The maximum Gasteiger partial charge on any atom is 0.250 e. The lowest BCUT2D eigenvalue weighted by Crippen LogP contribution is -2.39. The molecule has 0 saturated heterocycles. The highest BCUT2D eigenvalue weighted by atomic mass is 32.2. The monoisotopic (exact) mass is 356 g/mol. The topological polar surface area (TPSA) is 53.3 Å². The number of rotatable bonds is 5. The first-order chi connectivity index (χ1) is 12.3. The largest absolute Gasteiger partial charge is 0.378 e. The average molecular weight is 356 g/mol. The van der Waals surface area contributed by atoms with Gasteiger partial charge in [-0.05, 0) is 19.1 Å². The number of aromatic nitrogens is 2. The zero-order valence-electron chi connectivity index (χ0n) is 14.5. The molecule has 0 bridgehead atoms. The van der Waals surface area contributed by atoms with Gasteiger partial charge in [-0.3, -0.25) is 5.32 Å². The molecule has 1 aromatic carbocycles. The Kier molecular flexibility index (Phi) is 4.50. The van der Waals surface area contributed by atoms with Crippen LogP contribution in [0.25, 0.3) is 6.08 Å². The van der Waals surface area contributed by atoms with Crippen LogP contribution >= 0.6 is 11.8 Å². The minimum atomic E-state index is 0.686. The van der Waals surface area contributed by atoms with Crippen LogP contribution in [0.15, 0.2) is 40.5 Å². The molecular formula is C18H22N5OS+. The molecule has 0 fully saturated rings. The summed E-state index contributed by atoms with van der Waals surface area (Å²) in [6, 6.07) is 8.45. The molecule has 2 aliphatic rings. The molecule has 25 heavy (non-hydrogen) atoms. The predicted octanol–water partition coefficient (Wildman–Crippen LogP) is 2.74. The average Bonchev–Trinajstić information content (AvgIpc) is 3.23. The minimum absolute atomic E-state index is 0.686. The fourth-order valence-electron chi connectivity index (χ4n) is 3.05. The van der Waals surface area contributed by atoms with Gasteiger partial charge in [0, 0.05) is 24.6 Å². The van der Waals surface area contributed by atoms with Crippen LogP contribution in [0.2, 0.25) is 0 Å². The van der Waals surface area contributed by atoms with Crippen LogP contribution in [0.1, 0.15) is 12.6 Å². The summed E-state index contributed by atoms with van der Waals surface area (Å²) < 4.78 is 7.57. The Morgan fingerprint density at radius 3 is 3.08 bits per heavy atom. The van der Waals surface area contributed by atoms with E-state index in [-0.39, 0.29) is 0 Å².